The number of nitrogens with one attached hydrogen (secondary N) is 1. The largest absolute Gasteiger partial charge is 0.480 e. The van der Waals surface area contributed by atoms with E-state index in [1.807, 2.05) is 19.1 Å². The lowest BCUT2D eigenvalue weighted by molar-refractivity contribution is -0.146. The summed E-state index contributed by atoms with van der Waals surface area (Å²) in [5.41, 5.74) is -1.06. The molecule has 1 aliphatic rings. The van der Waals surface area contributed by atoms with Gasteiger partial charge in [-0.1, -0.05) is 12.8 Å². The maximum absolute atomic E-state index is 11.8. The first kappa shape index (κ1) is 13.8. The highest BCUT2D eigenvalue weighted by Gasteiger charge is 2.42. The smallest absolute Gasteiger partial charge is 0.329 e. The monoisotopic (exact) mass is 279 g/mol. The molecule has 1 fully saturated rings. The molecule has 1 aromatic heterocycles. The van der Waals surface area contributed by atoms with E-state index in [2.05, 4.69) is 5.32 Å². The molecule has 0 bridgehead atoms. The molecule has 0 atom stereocenters. The third-order valence-electron chi connectivity index (χ3n) is 3.39. The standard InChI is InChI=1S/C14H17NO3S/c1-10-4-5-11(19-10)6-7-12(16)15-14(13(17)18)8-2-3-9-14/h4-7H,2-3,8-9H2,1H3,(H,15,16)(H,17,18)/b7-6+. The van der Waals surface area contributed by atoms with E-state index in [9.17, 15) is 14.7 Å². The van der Waals surface area contributed by atoms with E-state index in [-0.39, 0.29) is 5.91 Å². The first-order valence-corrected chi connectivity index (χ1v) is 7.14. The van der Waals surface area contributed by atoms with Gasteiger partial charge < -0.3 is 10.4 Å². The van der Waals surface area contributed by atoms with Gasteiger partial charge >= 0.3 is 5.97 Å². The van der Waals surface area contributed by atoms with Crippen LogP contribution in [-0.2, 0) is 9.59 Å². The van der Waals surface area contributed by atoms with E-state index >= 15 is 0 Å². The van der Waals surface area contributed by atoms with Crippen LogP contribution >= 0.6 is 11.3 Å². The maximum atomic E-state index is 11.8. The predicted molar refractivity (Wildman–Crippen MR) is 75.1 cm³/mol. The van der Waals surface area contributed by atoms with E-state index in [1.54, 1.807) is 17.4 Å². The van der Waals surface area contributed by atoms with Crippen molar-refractivity contribution in [1.82, 2.24) is 5.32 Å². The summed E-state index contributed by atoms with van der Waals surface area (Å²) in [6.07, 6.45) is 5.85. The van der Waals surface area contributed by atoms with Crippen LogP contribution < -0.4 is 5.32 Å². The lowest BCUT2D eigenvalue weighted by Crippen LogP contribution is -2.52. The van der Waals surface area contributed by atoms with E-state index in [0.717, 1.165) is 17.7 Å². The van der Waals surface area contributed by atoms with Gasteiger partial charge in [-0.2, -0.15) is 0 Å². The van der Waals surface area contributed by atoms with Gasteiger partial charge in [-0.05, 0) is 38.0 Å². The van der Waals surface area contributed by atoms with Gasteiger partial charge in [0.15, 0.2) is 0 Å². The molecule has 0 saturated heterocycles. The summed E-state index contributed by atoms with van der Waals surface area (Å²) in [5.74, 6) is -1.27. The van der Waals surface area contributed by atoms with Crippen molar-refractivity contribution in [3.63, 3.8) is 0 Å². The van der Waals surface area contributed by atoms with Gasteiger partial charge in [0.2, 0.25) is 5.91 Å². The SMILES string of the molecule is Cc1ccc(/C=C/C(=O)NC2(C(=O)O)CCCC2)s1. The molecule has 2 N–H and O–H groups in total. The molecule has 1 aliphatic carbocycles. The number of amides is 1. The Bertz CT molecular complexity index is 513. The first-order valence-electron chi connectivity index (χ1n) is 6.32. The molecule has 1 aromatic rings. The average Bonchev–Trinajstić information content (AvgIpc) is 2.97. The fraction of sp³-hybridized carbons (Fsp3) is 0.429. The van der Waals surface area contributed by atoms with E-state index in [4.69, 9.17) is 0 Å². The van der Waals surface area contributed by atoms with Gasteiger partial charge in [-0.15, -0.1) is 11.3 Å². The Labute approximate surface area is 116 Å². The molecule has 0 radical (unpaired) electrons. The number of aryl methyl sites for hydroxylation is 1. The predicted octanol–water partition coefficient (Wildman–Crippen LogP) is 2.58. The molecule has 1 amide bonds. The average molecular weight is 279 g/mol. The van der Waals surface area contributed by atoms with Gasteiger partial charge in [0, 0.05) is 15.8 Å². The molecule has 1 saturated carbocycles. The fourth-order valence-corrected chi connectivity index (χ4v) is 3.13. The third-order valence-corrected chi connectivity index (χ3v) is 4.36. The second-order valence-electron chi connectivity index (χ2n) is 4.87. The highest BCUT2D eigenvalue weighted by Crippen LogP contribution is 2.29. The summed E-state index contributed by atoms with van der Waals surface area (Å²) in [5, 5.41) is 11.9. The van der Waals surface area contributed by atoms with Crippen molar-refractivity contribution in [2.75, 3.05) is 0 Å². The van der Waals surface area contributed by atoms with Gasteiger partial charge in [-0.25, -0.2) is 4.79 Å². The number of carboxylic acids is 1. The Morgan fingerprint density at radius 3 is 2.58 bits per heavy atom. The second-order valence-corrected chi connectivity index (χ2v) is 6.18. The summed E-state index contributed by atoms with van der Waals surface area (Å²) in [7, 11) is 0. The zero-order valence-corrected chi connectivity index (χ0v) is 11.6. The Morgan fingerprint density at radius 1 is 1.37 bits per heavy atom. The number of thiophene rings is 1. The number of hydrogen-bond donors (Lipinski definition) is 2. The van der Waals surface area contributed by atoms with E-state index in [0.29, 0.717) is 12.8 Å². The van der Waals surface area contributed by atoms with Crippen molar-refractivity contribution in [2.24, 2.45) is 0 Å². The minimum Gasteiger partial charge on any atom is -0.480 e. The van der Waals surface area contributed by atoms with Crippen LogP contribution in [0.25, 0.3) is 6.08 Å². The zero-order chi connectivity index (χ0) is 13.9. The normalized spacial score (nSPS) is 17.7. The molecular formula is C14H17NO3S. The van der Waals surface area contributed by atoms with Crippen LogP contribution in [0.1, 0.15) is 35.4 Å². The molecule has 1 heterocycles. The highest BCUT2D eigenvalue weighted by molar-refractivity contribution is 7.12. The molecule has 2 rings (SSSR count). The molecule has 0 unspecified atom stereocenters. The molecule has 0 spiro atoms. The minimum absolute atomic E-state index is 0.338. The molecule has 102 valence electrons. The molecule has 0 aromatic carbocycles. The van der Waals surface area contributed by atoms with Crippen molar-refractivity contribution in [3.8, 4) is 0 Å². The molecule has 4 nitrogen and oxygen atoms in total. The Balaban J connectivity index is 2.00. The summed E-state index contributed by atoms with van der Waals surface area (Å²) in [6, 6.07) is 3.92. The molecule has 19 heavy (non-hydrogen) atoms. The lowest BCUT2D eigenvalue weighted by atomic mass is 9.98. The van der Waals surface area contributed by atoms with Crippen LogP contribution in [0.5, 0.6) is 0 Å². The van der Waals surface area contributed by atoms with E-state index < -0.39 is 11.5 Å². The fourth-order valence-electron chi connectivity index (χ4n) is 2.35. The van der Waals surface area contributed by atoms with Crippen LogP contribution in [0.15, 0.2) is 18.2 Å². The highest BCUT2D eigenvalue weighted by atomic mass is 32.1. The van der Waals surface area contributed by atoms with Crippen LogP contribution in [0.2, 0.25) is 0 Å². The quantitative estimate of drug-likeness (QED) is 0.832. The number of carbonyl (C=O) groups excluding carboxylic acids is 1. The van der Waals surface area contributed by atoms with Crippen LogP contribution in [0.3, 0.4) is 0 Å². The van der Waals surface area contributed by atoms with Crippen molar-refractivity contribution in [3.05, 3.63) is 28.0 Å². The van der Waals surface area contributed by atoms with E-state index in [1.165, 1.54) is 11.0 Å². The molecule has 0 aliphatic heterocycles. The summed E-state index contributed by atoms with van der Waals surface area (Å²) < 4.78 is 0. The third kappa shape index (κ3) is 3.23. The number of aliphatic carboxylic acids is 1. The van der Waals surface area contributed by atoms with Crippen LogP contribution in [-0.4, -0.2) is 22.5 Å². The minimum atomic E-state index is -1.06. The van der Waals surface area contributed by atoms with Gasteiger partial charge in [0.1, 0.15) is 5.54 Å². The topological polar surface area (TPSA) is 66.4 Å². The molecular weight excluding hydrogens is 262 g/mol. The summed E-state index contributed by atoms with van der Waals surface area (Å²) in [4.78, 5) is 25.3. The lowest BCUT2D eigenvalue weighted by Gasteiger charge is -2.24. The maximum Gasteiger partial charge on any atom is 0.329 e. The summed E-state index contributed by atoms with van der Waals surface area (Å²) >= 11 is 1.59. The number of rotatable bonds is 4. The second kappa shape index (κ2) is 5.57. The Hall–Kier alpha value is -1.62. The Morgan fingerprint density at radius 2 is 2.05 bits per heavy atom. The number of hydrogen-bond acceptors (Lipinski definition) is 3. The van der Waals surface area contributed by atoms with Crippen LogP contribution in [0.4, 0.5) is 0 Å². The molecule has 5 heteroatoms. The van der Waals surface area contributed by atoms with Crippen molar-refractivity contribution < 1.29 is 14.7 Å². The van der Waals surface area contributed by atoms with Gasteiger partial charge in [0.25, 0.3) is 0 Å². The Kier molecular flexibility index (Phi) is 4.04. The van der Waals surface area contributed by atoms with Crippen LogP contribution in [0, 0.1) is 6.92 Å². The van der Waals surface area contributed by atoms with Crippen molar-refractivity contribution in [2.45, 2.75) is 38.1 Å². The van der Waals surface area contributed by atoms with Gasteiger partial charge in [-0.3, -0.25) is 4.79 Å². The van der Waals surface area contributed by atoms with Crippen molar-refractivity contribution >= 4 is 29.3 Å². The van der Waals surface area contributed by atoms with Gasteiger partial charge in [0.05, 0.1) is 0 Å². The number of carboxylic acid groups (broad SMARTS) is 1. The number of carbonyl (C=O) groups is 2. The summed E-state index contributed by atoms with van der Waals surface area (Å²) in [6.45, 7) is 2.00. The zero-order valence-electron chi connectivity index (χ0n) is 10.8. The first-order chi connectivity index (χ1) is 9.02. The van der Waals surface area contributed by atoms with Crippen molar-refractivity contribution in [1.29, 1.82) is 0 Å².